The molecule has 0 saturated heterocycles. The van der Waals surface area contributed by atoms with Gasteiger partial charge in [0.15, 0.2) is 0 Å². The molecule has 4 heteroatoms. The van der Waals surface area contributed by atoms with Crippen molar-refractivity contribution >= 4 is 11.9 Å². The van der Waals surface area contributed by atoms with E-state index in [-0.39, 0.29) is 12.4 Å². The number of ether oxygens (including phenoxy) is 2. The summed E-state index contributed by atoms with van der Waals surface area (Å²) in [6, 6.07) is 18.0. The quantitative estimate of drug-likeness (QED) is 0.154. The van der Waals surface area contributed by atoms with Gasteiger partial charge in [0.25, 0.3) is 0 Å². The van der Waals surface area contributed by atoms with Gasteiger partial charge in [0, 0.05) is 0 Å². The summed E-state index contributed by atoms with van der Waals surface area (Å²) in [4.78, 5) is 25.2. The molecule has 174 valence electrons. The van der Waals surface area contributed by atoms with Crippen LogP contribution in [0.5, 0.6) is 11.5 Å². The predicted octanol–water partition coefficient (Wildman–Crippen LogP) is 7.51. The summed E-state index contributed by atoms with van der Waals surface area (Å²) < 4.78 is 10.9. The zero-order valence-electron chi connectivity index (χ0n) is 19.5. The van der Waals surface area contributed by atoms with Crippen LogP contribution in [-0.4, -0.2) is 11.9 Å². The fourth-order valence-electron chi connectivity index (χ4n) is 3.73. The molecular weight excluding hydrogens is 400 g/mol. The van der Waals surface area contributed by atoms with Gasteiger partial charge in [-0.05, 0) is 30.7 Å². The predicted molar refractivity (Wildman–Crippen MR) is 129 cm³/mol. The second-order valence-corrected chi connectivity index (χ2v) is 8.39. The normalized spacial score (nSPS) is 11.7. The van der Waals surface area contributed by atoms with Gasteiger partial charge in [0.05, 0.1) is 12.3 Å². The minimum absolute atomic E-state index is 0.0258. The summed E-state index contributed by atoms with van der Waals surface area (Å²) >= 11 is 0. The second kappa shape index (κ2) is 16.1. The van der Waals surface area contributed by atoms with Crippen molar-refractivity contribution in [2.45, 2.75) is 84.0 Å². The molecule has 0 N–H and O–H groups in total. The monoisotopic (exact) mass is 438 g/mol. The molecule has 0 aliphatic heterocycles. The molecule has 0 bridgehead atoms. The number of carbonyl (C=O) groups is 2. The molecular formula is C28H38O4. The Hall–Kier alpha value is -2.62. The second-order valence-electron chi connectivity index (χ2n) is 8.39. The molecule has 32 heavy (non-hydrogen) atoms. The van der Waals surface area contributed by atoms with Gasteiger partial charge in [-0.25, -0.2) is 0 Å². The highest BCUT2D eigenvalue weighted by molar-refractivity contribution is 5.82. The summed E-state index contributed by atoms with van der Waals surface area (Å²) in [5.74, 6) is -0.274. The maximum absolute atomic E-state index is 12.8. The van der Waals surface area contributed by atoms with Crippen LogP contribution in [0, 0.1) is 5.92 Å². The van der Waals surface area contributed by atoms with Crippen LogP contribution < -0.4 is 9.47 Å². The van der Waals surface area contributed by atoms with Crippen LogP contribution in [0.1, 0.15) is 84.0 Å². The first kappa shape index (κ1) is 25.6. The van der Waals surface area contributed by atoms with Crippen molar-refractivity contribution in [1.82, 2.24) is 0 Å². The molecule has 0 saturated carbocycles. The zero-order valence-corrected chi connectivity index (χ0v) is 19.5. The molecule has 0 fully saturated rings. The van der Waals surface area contributed by atoms with Crippen LogP contribution in [0.15, 0.2) is 60.7 Å². The third kappa shape index (κ3) is 11.1. The van der Waals surface area contributed by atoms with Gasteiger partial charge in [-0.15, -0.1) is 0 Å². The van der Waals surface area contributed by atoms with Crippen LogP contribution in [0.3, 0.4) is 0 Å². The van der Waals surface area contributed by atoms with Gasteiger partial charge < -0.3 is 9.47 Å². The van der Waals surface area contributed by atoms with Crippen LogP contribution >= 0.6 is 0 Å². The van der Waals surface area contributed by atoms with Crippen LogP contribution in [-0.2, 0) is 9.59 Å². The van der Waals surface area contributed by atoms with E-state index < -0.39 is 11.9 Å². The summed E-state index contributed by atoms with van der Waals surface area (Å²) in [6.45, 7) is 2.24. The lowest BCUT2D eigenvalue weighted by Gasteiger charge is -2.15. The van der Waals surface area contributed by atoms with Gasteiger partial charge in [-0.2, -0.15) is 0 Å². The van der Waals surface area contributed by atoms with Gasteiger partial charge in [-0.1, -0.05) is 108 Å². The molecule has 2 aromatic rings. The fraction of sp³-hybridized carbons (Fsp3) is 0.500. The van der Waals surface area contributed by atoms with E-state index in [4.69, 9.17) is 9.47 Å². The zero-order chi connectivity index (χ0) is 22.9. The lowest BCUT2D eigenvalue weighted by atomic mass is 9.97. The fourth-order valence-corrected chi connectivity index (χ4v) is 3.73. The Balaban J connectivity index is 1.77. The van der Waals surface area contributed by atoms with Gasteiger partial charge in [-0.3, -0.25) is 9.59 Å². The first-order valence-corrected chi connectivity index (χ1v) is 12.2. The highest BCUT2D eigenvalue weighted by Gasteiger charge is 2.25. The molecule has 0 spiro atoms. The van der Waals surface area contributed by atoms with E-state index >= 15 is 0 Å². The van der Waals surface area contributed by atoms with Gasteiger partial charge in [0.1, 0.15) is 11.5 Å². The van der Waals surface area contributed by atoms with Crippen molar-refractivity contribution in [3.8, 4) is 11.5 Å². The molecule has 0 aromatic heterocycles. The SMILES string of the molecule is CCCCCCCCCCCCC(CC(=O)Oc1ccccc1)C(=O)Oc1ccccc1. The number of carbonyl (C=O) groups excluding carboxylic acids is 2. The van der Waals surface area contributed by atoms with Crippen LogP contribution in [0.2, 0.25) is 0 Å². The average Bonchev–Trinajstić information content (AvgIpc) is 2.80. The Bertz CT molecular complexity index is 758. The molecule has 4 nitrogen and oxygen atoms in total. The minimum Gasteiger partial charge on any atom is -0.427 e. The number of rotatable bonds is 16. The Kier molecular flexibility index (Phi) is 12.9. The van der Waals surface area contributed by atoms with E-state index in [1.807, 2.05) is 36.4 Å². The summed E-state index contributed by atoms with van der Waals surface area (Å²) in [5, 5.41) is 0. The molecule has 0 amide bonds. The first-order chi connectivity index (χ1) is 15.7. The standard InChI is InChI=1S/C28H38O4/c1-2-3-4-5-6-7-8-9-10-13-18-24(28(30)32-26-21-16-12-17-22-26)23-27(29)31-25-19-14-11-15-20-25/h11-12,14-17,19-22,24H,2-10,13,18,23H2,1H3. The Morgan fingerprint density at radius 1 is 0.656 bits per heavy atom. The Morgan fingerprint density at radius 3 is 1.66 bits per heavy atom. The van der Waals surface area contributed by atoms with Crippen molar-refractivity contribution in [3.63, 3.8) is 0 Å². The lowest BCUT2D eigenvalue weighted by molar-refractivity contribution is -0.145. The van der Waals surface area contributed by atoms with E-state index in [2.05, 4.69) is 6.92 Å². The Labute approximate surface area is 193 Å². The van der Waals surface area contributed by atoms with Crippen molar-refractivity contribution in [3.05, 3.63) is 60.7 Å². The molecule has 0 heterocycles. The van der Waals surface area contributed by atoms with E-state index in [1.165, 1.54) is 51.4 Å². The third-order valence-corrected chi connectivity index (χ3v) is 5.59. The summed E-state index contributed by atoms with van der Waals surface area (Å²) in [7, 11) is 0. The first-order valence-electron chi connectivity index (χ1n) is 12.2. The highest BCUT2D eigenvalue weighted by atomic mass is 16.5. The molecule has 0 radical (unpaired) electrons. The van der Waals surface area contributed by atoms with Gasteiger partial charge >= 0.3 is 11.9 Å². The number of para-hydroxylation sites is 2. The van der Waals surface area contributed by atoms with E-state index in [1.54, 1.807) is 24.3 Å². The molecule has 1 unspecified atom stereocenters. The smallest absolute Gasteiger partial charge is 0.314 e. The maximum Gasteiger partial charge on any atom is 0.314 e. The van der Waals surface area contributed by atoms with Crippen LogP contribution in [0.25, 0.3) is 0 Å². The van der Waals surface area contributed by atoms with Crippen molar-refractivity contribution < 1.29 is 19.1 Å². The number of benzene rings is 2. The van der Waals surface area contributed by atoms with Crippen molar-refractivity contribution in [2.75, 3.05) is 0 Å². The number of esters is 2. The van der Waals surface area contributed by atoms with E-state index in [0.717, 1.165) is 12.8 Å². The third-order valence-electron chi connectivity index (χ3n) is 5.59. The molecule has 2 rings (SSSR count). The largest absolute Gasteiger partial charge is 0.427 e. The average molecular weight is 439 g/mol. The Morgan fingerprint density at radius 2 is 1.12 bits per heavy atom. The lowest BCUT2D eigenvalue weighted by Crippen LogP contribution is -2.25. The maximum atomic E-state index is 12.8. The molecule has 0 aliphatic carbocycles. The van der Waals surface area contributed by atoms with E-state index in [9.17, 15) is 9.59 Å². The number of unbranched alkanes of at least 4 members (excludes halogenated alkanes) is 9. The minimum atomic E-state index is -0.500. The molecule has 0 aliphatic rings. The summed E-state index contributed by atoms with van der Waals surface area (Å²) in [5.41, 5.74) is 0. The van der Waals surface area contributed by atoms with Gasteiger partial charge in [0.2, 0.25) is 0 Å². The number of hydrogen-bond acceptors (Lipinski definition) is 4. The van der Waals surface area contributed by atoms with E-state index in [0.29, 0.717) is 17.9 Å². The molecule has 1 atom stereocenters. The number of hydrogen-bond donors (Lipinski definition) is 0. The van der Waals surface area contributed by atoms with Crippen molar-refractivity contribution in [2.24, 2.45) is 5.92 Å². The topological polar surface area (TPSA) is 52.6 Å². The van der Waals surface area contributed by atoms with Crippen molar-refractivity contribution in [1.29, 1.82) is 0 Å². The van der Waals surface area contributed by atoms with Crippen LogP contribution in [0.4, 0.5) is 0 Å². The molecule has 2 aromatic carbocycles. The summed E-state index contributed by atoms with van der Waals surface area (Å²) in [6.07, 6.45) is 12.9. The highest BCUT2D eigenvalue weighted by Crippen LogP contribution is 2.21.